The van der Waals surface area contributed by atoms with Gasteiger partial charge in [0, 0.05) is 17.7 Å². The van der Waals surface area contributed by atoms with Crippen LogP contribution in [0, 0.1) is 5.92 Å². The third-order valence-electron chi connectivity index (χ3n) is 3.40. The van der Waals surface area contributed by atoms with Crippen LogP contribution in [0.1, 0.15) is 17.5 Å². The molecule has 0 fully saturated rings. The van der Waals surface area contributed by atoms with Crippen LogP contribution in [0.3, 0.4) is 0 Å². The van der Waals surface area contributed by atoms with Gasteiger partial charge in [-0.1, -0.05) is 34.1 Å². The van der Waals surface area contributed by atoms with E-state index in [4.69, 9.17) is 5.73 Å². The van der Waals surface area contributed by atoms with Gasteiger partial charge >= 0.3 is 0 Å². The molecule has 3 nitrogen and oxygen atoms in total. The van der Waals surface area contributed by atoms with E-state index in [1.54, 1.807) is 0 Å². The summed E-state index contributed by atoms with van der Waals surface area (Å²) >= 11 is 3.60. The molecule has 2 rings (SSSR count). The maximum Gasteiger partial charge on any atom is 0.0521 e. The summed E-state index contributed by atoms with van der Waals surface area (Å²) in [6.45, 7) is 0.724. The molecule has 4 heteroatoms. The van der Waals surface area contributed by atoms with E-state index < -0.39 is 0 Å². The van der Waals surface area contributed by atoms with Crippen LogP contribution in [0.15, 0.2) is 41.1 Å². The Morgan fingerprint density at radius 3 is 2.79 bits per heavy atom. The Labute approximate surface area is 122 Å². The number of nitrogens with two attached hydrogens (primary N) is 1. The molecule has 1 unspecified atom stereocenters. The van der Waals surface area contributed by atoms with E-state index in [-0.39, 0.29) is 0 Å². The first-order valence-electron chi connectivity index (χ1n) is 6.60. The number of hydrogen-bond donors (Lipinski definition) is 1. The first kappa shape index (κ1) is 14.3. The lowest BCUT2D eigenvalue weighted by molar-refractivity contribution is 0.493. The predicted molar refractivity (Wildman–Crippen MR) is 81.9 cm³/mol. The lowest BCUT2D eigenvalue weighted by atomic mass is 9.94. The Morgan fingerprint density at radius 1 is 1.37 bits per heavy atom. The summed E-state index contributed by atoms with van der Waals surface area (Å²) in [5, 5.41) is 4.20. The Balaban J connectivity index is 1.92. The van der Waals surface area contributed by atoms with Crippen molar-refractivity contribution in [3.8, 4) is 0 Å². The van der Waals surface area contributed by atoms with Gasteiger partial charge in [-0.2, -0.15) is 5.10 Å². The molecule has 102 valence electrons. The molecule has 19 heavy (non-hydrogen) atoms. The number of hydrogen-bond acceptors (Lipinski definition) is 2. The minimum atomic E-state index is 0.513. The molecular formula is C15H20BrN3. The Bertz CT molecular complexity index is 522. The SMILES string of the molecule is Cn1cc(CCC(CN)Cc2ccccc2Br)cn1. The third-order valence-corrected chi connectivity index (χ3v) is 4.17. The molecule has 2 N–H and O–H groups in total. The van der Waals surface area contributed by atoms with Gasteiger partial charge in [0.05, 0.1) is 6.20 Å². The number of halogens is 1. The molecule has 0 bridgehead atoms. The van der Waals surface area contributed by atoms with Crippen LogP contribution in [0.2, 0.25) is 0 Å². The summed E-state index contributed by atoms with van der Waals surface area (Å²) in [6.07, 6.45) is 7.18. The molecule has 0 saturated heterocycles. The lowest BCUT2D eigenvalue weighted by Gasteiger charge is -2.15. The van der Waals surface area contributed by atoms with Gasteiger partial charge in [0.2, 0.25) is 0 Å². The second-order valence-corrected chi connectivity index (χ2v) is 5.81. The molecule has 0 spiro atoms. The first-order chi connectivity index (χ1) is 9.19. The van der Waals surface area contributed by atoms with Crippen LogP contribution in [0.4, 0.5) is 0 Å². The van der Waals surface area contributed by atoms with Gasteiger partial charge in [0.1, 0.15) is 0 Å². The second-order valence-electron chi connectivity index (χ2n) is 4.96. The standard InChI is InChI=1S/C15H20BrN3/c1-19-11-13(10-18-19)7-6-12(9-17)8-14-4-2-3-5-15(14)16/h2-5,10-12H,6-9,17H2,1H3. The fourth-order valence-electron chi connectivity index (χ4n) is 2.25. The first-order valence-corrected chi connectivity index (χ1v) is 7.39. The van der Waals surface area contributed by atoms with Crippen molar-refractivity contribution >= 4 is 15.9 Å². The highest BCUT2D eigenvalue weighted by Gasteiger charge is 2.10. The Morgan fingerprint density at radius 2 is 2.16 bits per heavy atom. The maximum absolute atomic E-state index is 5.90. The maximum atomic E-state index is 5.90. The summed E-state index contributed by atoms with van der Waals surface area (Å²) < 4.78 is 3.02. The average Bonchev–Trinajstić information content (AvgIpc) is 2.82. The van der Waals surface area contributed by atoms with Crippen LogP contribution in [-0.4, -0.2) is 16.3 Å². The molecule has 0 radical (unpaired) electrons. The Kier molecular flexibility index (Phi) is 5.16. The molecule has 0 aliphatic carbocycles. The van der Waals surface area contributed by atoms with Crippen LogP contribution in [-0.2, 0) is 19.9 Å². The van der Waals surface area contributed by atoms with Gasteiger partial charge in [-0.3, -0.25) is 4.68 Å². The molecule has 1 atom stereocenters. The highest BCUT2D eigenvalue weighted by Crippen LogP contribution is 2.21. The van der Waals surface area contributed by atoms with Crippen molar-refractivity contribution in [1.82, 2.24) is 9.78 Å². The number of aromatic nitrogens is 2. The largest absolute Gasteiger partial charge is 0.330 e. The summed E-state index contributed by atoms with van der Waals surface area (Å²) in [4.78, 5) is 0. The second kappa shape index (κ2) is 6.87. The molecular weight excluding hydrogens is 302 g/mol. The van der Waals surface area contributed by atoms with Crippen LogP contribution >= 0.6 is 15.9 Å². The molecule has 0 aliphatic heterocycles. The zero-order valence-corrected chi connectivity index (χ0v) is 12.8. The van der Waals surface area contributed by atoms with E-state index in [1.807, 2.05) is 24.0 Å². The smallest absolute Gasteiger partial charge is 0.0521 e. The topological polar surface area (TPSA) is 43.8 Å². The predicted octanol–water partition coefficient (Wildman–Crippen LogP) is 2.93. The minimum Gasteiger partial charge on any atom is -0.330 e. The molecule has 1 heterocycles. The zero-order chi connectivity index (χ0) is 13.7. The van der Waals surface area contributed by atoms with Gasteiger partial charge in [-0.25, -0.2) is 0 Å². The van der Waals surface area contributed by atoms with Crippen molar-refractivity contribution < 1.29 is 0 Å². The molecule has 0 aliphatic rings. The van der Waals surface area contributed by atoms with Gasteiger partial charge in [0.15, 0.2) is 0 Å². The van der Waals surface area contributed by atoms with Crippen LogP contribution in [0.25, 0.3) is 0 Å². The molecule has 1 aromatic heterocycles. The van der Waals surface area contributed by atoms with E-state index in [0.717, 1.165) is 25.8 Å². The van der Waals surface area contributed by atoms with Crippen LogP contribution in [0.5, 0.6) is 0 Å². The summed E-state index contributed by atoms with van der Waals surface area (Å²) in [5.41, 5.74) is 8.53. The molecule has 1 aromatic carbocycles. The fourth-order valence-corrected chi connectivity index (χ4v) is 2.70. The van der Waals surface area contributed by atoms with Gasteiger partial charge < -0.3 is 5.73 Å². The van der Waals surface area contributed by atoms with Crippen molar-refractivity contribution in [2.45, 2.75) is 19.3 Å². The highest BCUT2D eigenvalue weighted by molar-refractivity contribution is 9.10. The average molecular weight is 322 g/mol. The molecule has 0 saturated carbocycles. The molecule has 0 amide bonds. The third kappa shape index (κ3) is 4.18. The highest BCUT2D eigenvalue weighted by atomic mass is 79.9. The summed E-state index contributed by atoms with van der Waals surface area (Å²) in [5.74, 6) is 0.513. The lowest BCUT2D eigenvalue weighted by Crippen LogP contribution is -2.17. The monoisotopic (exact) mass is 321 g/mol. The van der Waals surface area contributed by atoms with E-state index in [9.17, 15) is 0 Å². The van der Waals surface area contributed by atoms with Gasteiger partial charge in [-0.15, -0.1) is 0 Å². The van der Waals surface area contributed by atoms with Crippen molar-refractivity contribution in [3.05, 3.63) is 52.3 Å². The summed E-state index contributed by atoms with van der Waals surface area (Å²) in [6, 6.07) is 8.37. The Hall–Kier alpha value is -1.13. The number of aryl methyl sites for hydroxylation is 2. The van der Waals surface area contributed by atoms with Crippen molar-refractivity contribution in [3.63, 3.8) is 0 Å². The molecule has 2 aromatic rings. The number of rotatable bonds is 6. The number of nitrogens with zero attached hydrogens (tertiary/aromatic N) is 2. The van der Waals surface area contributed by atoms with E-state index in [1.165, 1.54) is 15.6 Å². The van der Waals surface area contributed by atoms with E-state index >= 15 is 0 Å². The zero-order valence-electron chi connectivity index (χ0n) is 11.2. The normalized spacial score (nSPS) is 12.6. The minimum absolute atomic E-state index is 0.513. The van der Waals surface area contributed by atoms with Crippen molar-refractivity contribution in [2.75, 3.05) is 6.54 Å². The number of benzene rings is 1. The van der Waals surface area contributed by atoms with E-state index in [0.29, 0.717) is 5.92 Å². The van der Waals surface area contributed by atoms with Gasteiger partial charge in [0.25, 0.3) is 0 Å². The van der Waals surface area contributed by atoms with Crippen molar-refractivity contribution in [2.24, 2.45) is 18.7 Å². The van der Waals surface area contributed by atoms with E-state index in [2.05, 4.69) is 45.4 Å². The van der Waals surface area contributed by atoms with Crippen LogP contribution < -0.4 is 5.73 Å². The van der Waals surface area contributed by atoms with Gasteiger partial charge in [-0.05, 0) is 48.9 Å². The fraction of sp³-hybridized carbons (Fsp3) is 0.400. The van der Waals surface area contributed by atoms with Crippen molar-refractivity contribution in [1.29, 1.82) is 0 Å². The quantitative estimate of drug-likeness (QED) is 0.889. The summed E-state index contributed by atoms with van der Waals surface area (Å²) in [7, 11) is 1.95.